The average molecular weight is 419 g/mol. The van der Waals surface area contributed by atoms with Gasteiger partial charge in [0.05, 0.1) is 0 Å². The van der Waals surface area contributed by atoms with Crippen molar-refractivity contribution in [3.8, 4) is 0 Å². The molecule has 0 aromatic heterocycles. The minimum atomic E-state index is -0.0819. The fourth-order valence-corrected chi connectivity index (χ4v) is 7.57. The van der Waals surface area contributed by atoms with E-state index in [2.05, 4.69) is 26.6 Å². The van der Waals surface area contributed by atoms with Crippen LogP contribution in [-0.4, -0.2) is 22.7 Å². The minimum absolute atomic E-state index is 0.0819. The Morgan fingerprint density at radius 2 is 1.77 bits per heavy atom. The Kier molecular flexibility index (Phi) is 4.62. The summed E-state index contributed by atoms with van der Waals surface area (Å²) in [6.45, 7) is 2.50. The van der Waals surface area contributed by atoms with Crippen LogP contribution in [0.2, 0.25) is 0 Å². The summed E-state index contributed by atoms with van der Waals surface area (Å²) in [4.78, 5) is 24.5. The van der Waals surface area contributed by atoms with Gasteiger partial charge in [0.1, 0.15) is 0 Å². The van der Waals surface area contributed by atoms with Crippen LogP contribution in [-0.2, 0) is 4.79 Å². The lowest BCUT2D eigenvalue weighted by atomic mass is 9.48. The molecule has 4 fully saturated rings. The number of amides is 2. The van der Waals surface area contributed by atoms with E-state index in [0.717, 1.165) is 23.9 Å². The summed E-state index contributed by atoms with van der Waals surface area (Å²) >= 11 is 4.01. The van der Waals surface area contributed by atoms with E-state index in [4.69, 9.17) is 0 Å². The van der Waals surface area contributed by atoms with Crippen molar-refractivity contribution in [1.82, 2.24) is 5.32 Å². The number of hydrogen-bond donors (Lipinski definition) is 2. The summed E-state index contributed by atoms with van der Waals surface area (Å²) < 4.78 is 0.283. The number of hydrogen-bond acceptors (Lipinski definition) is 2. The maximum absolute atomic E-state index is 12.7. The molecule has 4 saturated carbocycles. The SMILES string of the molecule is CCNC(=O)c1ccc(NC(=O)CC23CC4CC(CC(Br)(C4)C2)C3)cc1. The Morgan fingerprint density at radius 1 is 1.12 bits per heavy atom. The molecule has 140 valence electrons. The van der Waals surface area contributed by atoms with Gasteiger partial charge in [-0.25, -0.2) is 0 Å². The van der Waals surface area contributed by atoms with Gasteiger partial charge in [0.25, 0.3) is 5.91 Å². The van der Waals surface area contributed by atoms with Crippen molar-refractivity contribution < 1.29 is 9.59 Å². The molecule has 5 rings (SSSR count). The molecule has 0 saturated heterocycles. The molecule has 0 heterocycles. The summed E-state index contributed by atoms with van der Waals surface area (Å²) in [7, 11) is 0. The van der Waals surface area contributed by atoms with Gasteiger partial charge in [0, 0.05) is 28.5 Å². The molecule has 1 aromatic carbocycles. The third kappa shape index (κ3) is 3.55. The zero-order valence-corrected chi connectivity index (χ0v) is 16.9. The van der Waals surface area contributed by atoms with Crippen LogP contribution in [0.25, 0.3) is 0 Å². The lowest BCUT2D eigenvalue weighted by Crippen LogP contribution is -2.53. The van der Waals surface area contributed by atoms with Crippen LogP contribution in [0.3, 0.4) is 0 Å². The fraction of sp³-hybridized carbons (Fsp3) is 0.619. The second kappa shape index (κ2) is 6.66. The van der Waals surface area contributed by atoms with E-state index in [1.807, 2.05) is 19.1 Å². The molecule has 5 heteroatoms. The molecular weight excluding hydrogens is 392 g/mol. The first kappa shape index (κ1) is 18.0. The number of rotatable bonds is 5. The molecule has 4 aliphatic carbocycles. The van der Waals surface area contributed by atoms with Gasteiger partial charge in [-0.3, -0.25) is 9.59 Å². The number of alkyl halides is 1. The fourth-order valence-electron chi connectivity index (χ4n) is 6.06. The minimum Gasteiger partial charge on any atom is -0.352 e. The maximum Gasteiger partial charge on any atom is 0.251 e. The molecule has 2 N–H and O–H groups in total. The first-order valence-corrected chi connectivity index (χ1v) is 10.6. The lowest BCUT2D eigenvalue weighted by molar-refractivity contribution is -0.123. The third-order valence-corrected chi connectivity index (χ3v) is 7.34. The van der Waals surface area contributed by atoms with E-state index < -0.39 is 0 Å². The second-order valence-corrected chi connectivity index (χ2v) is 10.5. The highest BCUT2D eigenvalue weighted by Gasteiger charge is 2.57. The third-order valence-electron chi connectivity index (χ3n) is 6.41. The highest BCUT2D eigenvalue weighted by atomic mass is 79.9. The summed E-state index contributed by atoms with van der Waals surface area (Å²) in [5.74, 6) is 1.61. The summed E-state index contributed by atoms with van der Waals surface area (Å²) in [5.41, 5.74) is 1.56. The predicted octanol–water partition coefficient (Wildman–Crippen LogP) is 4.50. The summed E-state index contributed by atoms with van der Waals surface area (Å²) in [5, 5.41) is 5.82. The van der Waals surface area contributed by atoms with Crippen LogP contribution >= 0.6 is 15.9 Å². The Labute approximate surface area is 163 Å². The molecule has 0 aliphatic heterocycles. The van der Waals surface area contributed by atoms with Crippen molar-refractivity contribution in [1.29, 1.82) is 0 Å². The van der Waals surface area contributed by atoms with Gasteiger partial charge >= 0.3 is 0 Å². The van der Waals surface area contributed by atoms with E-state index in [9.17, 15) is 9.59 Å². The number of nitrogens with one attached hydrogen (secondary N) is 2. The van der Waals surface area contributed by atoms with E-state index >= 15 is 0 Å². The topological polar surface area (TPSA) is 58.2 Å². The van der Waals surface area contributed by atoms with Crippen molar-refractivity contribution in [2.24, 2.45) is 17.3 Å². The average Bonchev–Trinajstić information content (AvgIpc) is 2.52. The van der Waals surface area contributed by atoms with Gasteiger partial charge in [-0.2, -0.15) is 0 Å². The molecule has 26 heavy (non-hydrogen) atoms. The maximum atomic E-state index is 12.7. The van der Waals surface area contributed by atoms with Crippen LogP contribution in [0.4, 0.5) is 5.69 Å². The molecule has 1 aromatic rings. The largest absolute Gasteiger partial charge is 0.352 e. The molecule has 4 nitrogen and oxygen atoms in total. The standard InChI is InChI=1S/C21H27BrN2O2/c1-2-23-19(26)16-3-5-17(6-4-16)24-18(25)12-20-8-14-7-15(9-20)11-21(22,10-14)13-20/h3-6,14-15H,2,7-13H2,1H3,(H,23,26)(H,24,25). The van der Waals surface area contributed by atoms with Crippen LogP contribution < -0.4 is 10.6 Å². The van der Waals surface area contributed by atoms with Crippen molar-refractivity contribution in [3.05, 3.63) is 29.8 Å². The smallest absolute Gasteiger partial charge is 0.251 e. The van der Waals surface area contributed by atoms with Gasteiger partial charge in [0.15, 0.2) is 0 Å². The van der Waals surface area contributed by atoms with Gasteiger partial charge in [-0.1, -0.05) is 15.9 Å². The van der Waals surface area contributed by atoms with Crippen molar-refractivity contribution in [2.75, 3.05) is 11.9 Å². The van der Waals surface area contributed by atoms with Gasteiger partial charge in [0.2, 0.25) is 5.91 Å². The Morgan fingerprint density at radius 3 is 2.35 bits per heavy atom. The van der Waals surface area contributed by atoms with Crippen LogP contribution in [0.5, 0.6) is 0 Å². The van der Waals surface area contributed by atoms with Crippen molar-refractivity contribution >= 4 is 33.4 Å². The first-order valence-electron chi connectivity index (χ1n) is 9.76. The van der Waals surface area contributed by atoms with Gasteiger partial charge < -0.3 is 10.6 Å². The first-order chi connectivity index (χ1) is 12.4. The Hall–Kier alpha value is -1.36. The number of benzene rings is 1. The second-order valence-electron chi connectivity index (χ2n) is 8.77. The van der Waals surface area contributed by atoms with Crippen LogP contribution in [0.1, 0.15) is 62.2 Å². The van der Waals surface area contributed by atoms with E-state index in [0.29, 0.717) is 18.5 Å². The van der Waals surface area contributed by atoms with Crippen LogP contribution in [0.15, 0.2) is 24.3 Å². The number of halogens is 1. The number of carbonyl (C=O) groups excluding carboxylic acids is 2. The highest BCUT2D eigenvalue weighted by Crippen LogP contribution is 2.65. The van der Waals surface area contributed by atoms with Crippen LogP contribution in [0, 0.1) is 17.3 Å². The molecular formula is C21H27BrN2O2. The molecule has 2 atom stereocenters. The molecule has 0 spiro atoms. The van der Waals surface area contributed by atoms with E-state index in [-0.39, 0.29) is 21.6 Å². The quantitative estimate of drug-likeness (QED) is 0.691. The summed E-state index contributed by atoms with van der Waals surface area (Å²) in [6, 6.07) is 7.15. The molecule has 4 bridgehead atoms. The van der Waals surface area contributed by atoms with Crippen molar-refractivity contribution in [2.45, 2.75) is 56.2 Å². The normalized spacial score (nSPS) is 34.5. The molecule has 2 unspecified atom stereocenters. The summed E-state index contributed by atoms with van der Waals surface area (Å²) in [6.07, 6.45) is 8.10. The van der Waals surface area contributed by atoms with Crippen molar-refractivity contribution in [3.63, 3.8) is 0 Å². The molecule has 4 aliphatic rings. The van der Waals surface area contributed by atoms with E-state index in [1.165, 1.54) is 32.1 Å². The zero-order chi connectivity index (χ0) is 18.4. The number of anilines is 1. The number of carbonyl (C=O) groups is 2. The molecule has 2 amide bonds. The highest BCUT2D eigenvalue weighted by molar-refractivity contribution is 9.10. The van der Waals surface area contributed by atoms with E-state index in [1.54, 1.807) is 12.1 Å². The Balaban J connectivity index is 1.39. The van der Waals surface area contributed by atoms with Gasteiger partial charge in [-0.05, 0) is 87.0 Å². The monoisotopic (exact) mass is 418 g/mol. The zero-order valence-electron chi connectivity index (χ0n) is 15.3. The molecule has 0 radical (unpaired) electrons. The van der Waals surface area contributed by atoms with Gasteiger partial charge in [-0.15, -0.1) is 0 Å². The Bertz CT molecular complexity index is 701. The predicted molar refractivity (Wildman–Crippen MR) is 106 cm³/mol. The lowest BCUT2D eigenvalue weighted by Gasteiger charge is -2.60.